The largest absolute Gasteiger partial charge is 0.504 e. The summed E-state index contributed by atoms with van der Waals surface area (Å²) in [5.74, 6) is -3.26. The molecule has 0 amide bonds. The first-order valence-electron chi connectivity index (χ1n) is 21.8. The first-order chi connectivity index (χ1) is 29.7. The number of aliphatic hydroxyl groups excluding tert-OH is 11. The minimum absolute atomic E-state index is 0.00503. The van der Waals surface area contributed by atoms with Gasteiger partial charge in [0.25, 0.3) is 0 Å². The van der Waals surface area contributed by atoms with Crippen LogP contribution in [-0.4, -0.2) is 204 Å². The Morgan fingerprint density at radius 2 is 1.40 bits per heavy atom. The minimum atomic E-state index is -1.90. The molecule has 22 heteroatoms. The Kier molecular flexibility index (Phi) is 20.5. The third-order valence-corrected chi connectivity index (χ3v) is 12.2. The molecule has 366 valence electrons. The lowest BCUT2D eigenvalue weighted by molar-refractivity contribution is -0.366. The van der Waals surface area contributed by atoms with Crippen LogP contribution in [0.2, 0.25) is 0 Å². The van der Waals surface area contributed by atoms with E-state index in [1.807, 2.05) is 27.7 Å². The van der Waals surface area contributed by atoms with Crippen LogP contribution in [-0.2, 0) is 52.2 Å². The average Bonchev–Trinajstić information content (AvgIpc) is 3.23. The molecule has 3 saturated heterocycles. The van der Waals surface area contributed by atoms with E-state index in [4.69, 9.17) is 42.6 Å². The fourth-order valence-electron chi connectivity index (χ4n) is 7.61. The fraction of sp³-hybridized carbons (Fsp3) is 0.902. The van der Waals surface area contributed by atoms with E-state index >= 15 is 0 Å². The molecule has 0 bridgehead atoms. The Balaban J connectivity index is 1.39. The van der Waals surface area contributed by atoms with Gasteiger partial charge < -0.3 is 98.8 Å². The quantitative estimate of drug-likeness (QED) is 0.0549. The maximum absolute atomic E-state index is 13.2. The number of aliphatic hydroxyl groups is 11. The average molecular weight is 915 g/mol. The molecule has 0 unspecified atom stereocenters. The fourth-order valence-corrected chi connectivity index (χ4v) is 7.61. The van der Waals surface area contributed by atoms with Crippen LogP contribution < -0.4 is 0 Å². The van der Waals surface area contributed by atoms with Gasteiger partial charge in [0.1, 0.15) is 67.6 Å². The van der Waals surface area contributed by atoms with Crippen LogP contribution in [0, 0.1) is 11.8 Å². The van der Waals surface area contributed by atoms with Gasteiger partial charge in [-0.2, -0.15) is 0 Å². The first-order valence-corrected chi connectivity index (χ1v) is 21.8. The van der Waals surface area contributed by atoms with Crippen molar-refractivity contribution >= 4 is 11.9 Å². The monoisotopic (exact) mass is 914 g/mol. The molecule has 0 aromatic carbocycles. The van der Waals surface area contributed by atoms with Crippen molar-refractivity contribution in [3.63, 3.8) is 0 Å². The first kappa shape index (κ1) is 53.1. The van der Waals surface area contributed by atoms with Gasteiger partial charge in [-0.15, -0.1) is 0 Å². The molecule has 3 fully saturated rings. The second kappa shape index (κ2) is 24.3. The standard InChI is InChI=1S/C41H70O22/c1-7-17(3)24(45)9-21(43)11-29(47)59-26(18(4)8-2)10-22(44)12-30(48)60-27-13-23(15-55-19(27)5)58-41-36(54)38(63-40-35(53)33(51)32(50)28(14-42)61-40)37(20(6)57-41)62-39-34(52)31(49)25(46)16-56-39/h17-28,31-33,35-38,40-46,49-54H,7-16H2,1-6H3/t17-,18-,19+,20-,21-,22-,23+,24-,25+,26-,27+,28+,31-,32+,33-,35+,36+,37-,38-,40-,41-/m0/s1. The minimum Gasteiger partial charge on any atom is -0.504 e. The van der Waals surface area contributed by atoms with Gasteiger partial charge in [0.15, 0.2) is 18.7 Å². The van der Waals surface area contributed by atoms with E-state index in [1.165, 1.54) is 6.92 Å². The van der Waals surface area contributed by atoms with E-state index in [1.54, 1.807) is 6.92 Å². The normalized spacial score (nSPS) is 38.1. The maximum Gasteiger partial charge on any atom is 0.322 e. The third-order valence-electron chi connectivity index (χ3n) is 12.2. The van der Waals surface area contributed by atoms with Crippen molar-refractivity contribution in [1.82, 2.24) is 0 Å². The zero-order valence-electron chi connectivity index (χ0n) is 36.6. The van der Waals surface area contributed by atoms with Crippen molar-refractivity contribution in [2.45, 2.75) is 203 Å². The van der Waals surface area contributed by atoms with Crippen molar-refractivity contribution in [2.75, 3.05) is 19.8 Å². The van der Waals surface area contributed by atoms with Gasteiger partial charge in [0, 0.05) is 19.3 Å². The van der Waals surface area contributed by atoms with Crippen LogP contribution >= 0.6 is 0 Å². The topological polar surface area (TPSA) is 340 Å². The maximum atomic E-state index is 13.2. The summed E-state index contributed by atoms with van der Waals surface area (Å²) in [5.41, 5.74) is 0. The Bertz CT molecular complexity index is 1450. The molecule has 21 atom stereocenters. The lowest BCUT2D eigenvalue weighted by Crippen LogP contribution is -2.65. The molecule has 11 N–H and O–H groups in total. The number of carbonyl (C=O) groups is 2. The highest BCUT2D eigenvalue weighted by molar-refractivity contribution is 5.71. The van der Waals surface area contributed by atoms with Gasteiger partial charge >= 0.3 is 17.9 Å². The van der Waals surface area contributed by atoms with Crippen LogP contribution in [0.1, 0.15) is 86.5 Å². The summed E-state index contributed by atoms with van der Waals surface area (Å²) in [5, 5.41) is 115. The predicted molar refractivity (Wildman–Crippen MR) is 212 cm³/mol. The summed E-state index contributed by atoms with van der Waals surface area (Å²) in [7, 11) is 0. The molecular formula is C41H70O22. The van der Waals surface area contributed by atoms with E-state index in [2.05, 4.69) is 0 Å². The molecular weight excluding hydrogens is 844 g/mol. The molecule has 0 aliphatic carbocycles. The SMILES string of the molecule is CC[C@H](C)[C@H](C[C@H](O)CC(=O)O[C@@H]1C[C@@H](O[C@@H]2O[C@@H](C)[C@H](OC3=C(O)[C@@H](O)[C@H](O)CO3)[C@@H](O[C@@H]3O[C@H](CO)[C@@H](O)[C@H](O)[C@H]3O)[C@H]2O)CO[C@@H]1C)OC(=O)C[C@@H](O)C[C@H](O)[C@@H](C)CC. The third kappa shape index (κ3) is 14.2. The van der Waals surface area contributed by atoms with Crippen LogP contribution in [0.3, 0.4) is 0 Å². The number of ether oxygens (including phenoxy) is 9. The van der Waals surface area contributed by atoms with Crippen LogP contribution in [0.5, 0.6) is 0 Å². The van der Waals surface area contributed by atoms with Crippen molar-refractivity contribution in [1.29, 1.82) is 0 Å². The molecule has 4 heterocycles. The van der Waals surface area contributed by atoms with Gasteiger partial charge in [0.05, 0.1) is 62.7 Å². The van der Waals surface area contributed by atoms with Gasteiger partial charge in [-0.25, -0.2) is 0 Å². The van der Waals surface area contributed by atoms with E-state index < -0.39 is 160 Å². The zero-order valence-corrected chi connectivity index (χ0v) is 36.6. The molecule has 0 aromatic rings. The number of hydrogen-bond acceptors (Lipinski definition) is 22. The molecule has 4 rings (SSSR count). The van der Waals surface area contributed by atoms with Crippen molar-refractivity contribution in [2.24, 2.45) is 11.8 Å². The molecule has 0 aromatic heterocycles. The zero-order chi connectivity index (χ0) is 46.9. The molecule has 22 nitrogen and oxygen atoms in total. The number of rotatable bonds is 21. The lowest BCUT2D eigenvalue weighted by atomic mass is 9.95. The molecule has 4 aliphatic rings. The van der Waals surface area contributed by atoms with E-state index in [0.29, 0.717) is 12.8 Å². The smallest absolute Gasteiger partial charge is 0.322 e. The molecule has 63 heavy (non-hydrogen) atoms. The summed E-state index contributed by atoms with van der Waals surface area (Å²) in [6, 6.07) is 0. The summed E-state index contributed by atoms with van der Waals surface area (Å²) < 4.78 is 51.8. The van der Waals surface area contributed by atoms with E-state index in [9.17, 15) is 65.8 Å². The summed E-state index contributed by atoms with van der Waals surface area (Å²) in [6.07, 6.45) is -25.4. The second-order valence-electron chi connectivity index (χ2n) is 17.2. The second-order valence-corrected chi connectivity index (χ2v) is 17.2. The number of esters is 2. The molecule has 0 spiro atoms. The van der Waals surface area contributed by atoms with Gasteiger partial charge in [-0.05, 0) is 25.7 Å². The van der Waals surface area contributed by atoms with Crippen LogP contribution in [0.15, 0.2) is 11.7 Å². The highest BCUT2D eigenvalue weighted by atomic mass is 16.8. The Morgan fingerprint density at radius 3 is 2.05 bits per heavy atom. The van der Waals surface area contributed by atoms with Crippen molar-refractivity contribution < 1.29 is 108 Å². The van der Waals surface area contributed by atoms with Gasteiger partial charge in [0.2, 0.25) is 5.76 Å². The van der Waals surface area contributed by atoms with Gasteiger partial charge in [-0.1, -0.05) is 40.5 Å². The number of carbonyl (C=O) groups excluding carboxylic acids is 2. The summed E-state index contributed by atoms with van der Waals surface area (Å²) >= 11 is 0. The van der Waals surface area contributed by atoms with Crippen LogP contribution in [0.4, 0.5) is 0 Å². The Hall–Kier alpha value is -2.52. The predicted octanol–water partition coefficient (Wildman–Crippen LogP) is -2.11. The molecule has 0 radical (unpaired) electrons. The molecule has 0 saturated carbocycles. The molecule has 4 aliphatic heterocycles. The highest BCUT2D eigenvalue weighted by Crippen LogP contribution is 2.35. The van der Waals surface area contributed by atoms with Crippen molar-refractivity contribution in [3.8, 4) is 0 Å². The van der Waals surface area contributed by atoms with Gasteiger partial charge in [-0.3, -0.25) is 9.59 Å². The Morgan fingerprint density at radius 1 is 0.762 bits per heavy atom. The number of hydrogen-bond donors (Lipinski definition) is 11. The highest BCUT2D eigenvalue weighted by Gasteiger charge is 2.53. The van der Waals surface area contributed by atoms with E-state index in [0.717, 1.165) is 0 Å². The van der Waals surface area contributed by atoms with Crippen LogP contribution in [0.25, 0.3) is 0 Å². The van der Waals surface area contributed by atoms with E-state index in [-0.39, 0.29) is 44.1 Å². The summed E-state index contributed by atoms with van der Waals surface area (Å²) in [6.45, 7) is 9.25. The Labute approximate surface area is 366 Å². The lowest BCUT2D eigenvalue weighted by Gasteiger charge is -2.47. The summed E-state index contributed by atoms with van der Waals surface area (Å²) in [4.78, 5) is 25.9. The van der Waals surface area contributed by atoms with Crippen molar-refractivity contribution in [3.05, 3.63) is 11.7 Å².